The lowest BCUT2D eigenvalue weighted by molar-refractivity contribution is -0.122. The number of nitrogens with zero attached hydrogens (tertiary/aromatic N) is 2. The van der Waals surface area contributed by atoms with Gasteiger partial charge in [0.25, 0.3) is 0 Å². The van der Waals surface area contributed by atoms with Crippen LogP contribution in [0.4, 0.5) is 5.69 Å². The maximum atomic E-state index is 13.8. The summed E-state index contributed by atoms with van der Waals surface area (Å²) in [6.45, 7) is 2.44. The highest BCUT2D eigenvalue weighted by atomic mass is 35.5. The first kappa shape index (κ1) is 29.3. The fraction of sp³-hybridized carbons (Fsp3) is 0.303. The Morgan fingerprint density at radius 1 is 1.09 bits per heavy atom. The molecule has 2 fully saturated rings. The zero-order chi connectivity index (χ0) is 30.2. The van der Waals surface area contributed by atoms with Crippen molar-refractivity contribution in [3.63, 3.8) is 0 Å². The molecule has 43 heavy (non-hydrogen) atoms. The summed E-state index contributed by atoms with van der Waals surface area (Å²) in [7, 11) is -1.70. The second-order valence-corrected chi connectivity index (χ2v) is 11.7. The third-order valence-electron chi connectivity index (χ3n) is 8.84. The van der Waals surface area contributed by atoms with Gasteiger partial charge in [-0.15, -0.1) is 0 Å². The molecule has 2 saturated heterocycles. The minimum absolute atomic E-state index is 0.0961. The number of aromatic hydroxyl groups is 1. The molecule has 1 aromatic heterocycles. The number of hydrogen-bond acceptors (Lipinski definition) is 7. The first-order valence-electron chi connectivity index (χ1n) is 14.5. The van der Waals surface area contributed by atoms with Crippen LogP contribution in [0.25, 0.3) is 11.6 Å². The number of hydrogen-bond donors (Lipinski definition) is 3. The molecular formula is C33H32BClN2O6. The van der Waals surface area contributed by atoms with Gasteiger partial charge in [-0.3, -0.25) is 19.5 Å². The predicted molar refractivity (Wildman–Crippen MR) is 165 cm³/mol. The molecule has 4 atom stereocenters. The molecule has 0 unspecified atom stereocenters. The molecule has 2 amide bonds. The van der Waals surface area contributed by atoms with Crippen molar-refractivity contribution in [1.82, 2.24) is 4.98 Å². The van der Waals surface area contributed by atoms with E-state index in [-0.39, 0.29) is 35.0 Å². The van der Waals surface area contributed by atoms with E-state index in [4.69, 9.17) is 16.3 Å². The van der Waals surface area contributed by atoms with Gasteiger partial charge < -0.3 is 19.9 Å². The highest BCUT2D eigenvalue weighted by Crippen LogP contribution is 2.51. The summed E-state index contributed by atoms with van der Waals surface area (Å²) in [6, 6.07) is 16.9. The Morgan fingerprint density at radius 3 is 2.65 bits per heavy atom. The number of rotatable bonds is 8. The number of allylic oxidation sites excluding steroid dienone is 2. The van der Waals surface area contributed by atoms with Crippen molar-refractivity contribution in [3.8, 4) is 5.75 Å². The minimum Gasteiger partial charge on any atom is -0.508 e. The van der Waals surface area contributed by atoms with Crippen LogP contribution in [-0.4, -0.2) is 51.8 Å². The van der Waals surface area contributed by atoms with Crippen LogP contribution in [0.2, 0.25) is 5.02 Å². The molecule has 3 aromatic rings. The van der Waals surface area contributed by atoms with Crippen molar-refractivity contribution >= 4 is 53.3 Å². The van der Waals surface area contributed by atoms with Gasteiger partial charge in [0.05, 0.1) is 41.0 Å². The number of pyridine rings is 1. The molecule has 0 bridgehead atoms. The number of imide groups is 1. The van der Waals surface area contributed by atoms with Gasteiger partial charge in [-0.1, -0.05) is 42.3 Å². The van der Waals surface area contributed by atoms with Gasteiger partial charge in [0, 0.05) is 12.1 Å². The largest absolute Gasteiger partial charge is 0.508 e. The number of carbonyl (C=O) groups excluding carboxylic acids is 2. The average molecular weight is 599 g/mol. The number of carbonyl (C=O) groups is 2. The maximum Gasteiger partial charge on any atom is 0.488 e. The lowest BCUT2D eigenvalue weighted by atomic mass is 9.69. The molecule has 2 aliphatic heterocycles. The zero-order valence-corrected chi connectivity index (χ0v) is 24.4. The Labute approximate surface area is 255 Å². The second-order valence-electron chi connectivity index (χ2n) is 11.3. The summed E-state index contributed by atoms with van der Waals surface area (Å²) in [5, 5.41) is 29.5. The molecule has 10 heteroatoms. The molecule has 1 aliphatic carbocycles. The van der Waals surface area contributed by atoms with Crippen LogP contribution in [0, 0.1) is 17.8 Å². The molecular weight excluding hydrogens is 567 g/mol. The van der Waals surface area contributed by atoms with Gasteiger partial charge in [-0.05, 0) is 96.4 Å². The van der Waals surface area contributed by atoms with Crippen LogP contribution < -0.4 is 10.4 Å². The fourth-order valence-corrected chi connectivity index (χ4v) is 7.05. The van der Waals surface area contributed by atoms with Gasteiger partial charge in [0.1, 0.15) is 5.75 Å². The second kappa shape index (κ2) is 12.1. The third-order valence-corrected chi connectivity index (χ3v) is 9.17. The monoisotopic (exact) mass is 598 g/mol. The first-order chi connectivity index (χ1) is 20.8. The van der Waals surface area contributed by atoms with Crippen LogP contribution in [-0.2, 0) is 14.3 Å². The number of benzene rings is 2. The SMILES string of the molecule is CCC1=C2[C@@H](CC/C(=C/c3ccc(O)cc3Cl)c3ccccn3)OC[C@@H]2[C@@H]2C(=O)N(c3cccc(B(O)O)c3)C(=O)[C@@H]2C1. The van der Waals surface area contributed by atoms with Gasteiger partial charge >= 0.3 is 7.12 Å². The Hall–Kier alpha value is -3.76. The molecule has 0 radical (unpaired) electrons. The average Bonchev–Trinajstić information content (AvgIpc) is 3.54. The van der Waals surface area contributed by atoms with Crippen LogP contribution in [0.5, 0.6) is 5.75 Å². The Balaban J connectivity index is 1.27. The quantitative estimate of drug-likeness (QED) is 0.200. The van der Waals surface area contributed by atoms with E-state index in [0.717, 1.165) is 28.8 Å². The standard InChI is InChI=1S/C33H32BClN2O6/c1-2-19-15-25-31(33(40)37(32(25)39)23-7-5-6-22(16-23)34(41)42)26-18-43-29(30(19)26)12-10-21(28-8-3-4-13-36-28)14-20-9-11-24(38)17-27(20)35/h3-9,11,13-14,16-17,25-26,29,31,38,41-42H,2,10,12,15,18H2,1H3/b21-14-/t25-,26+,29-,31-/m1/s1. The van der Waals surface area contributed by atoms with Crippen molar-refractivity contribution in [1.29, 1.82) is 0 Å². The number of aromatic nitrogens is 1. The molecule has 2 aromatic carbocycles. The first-order valence-corrected chi connectivity index (χ1v) is 14.9. The predicted octanol–water partition coefficient (Wildman–Crippen LogP) is 4.37. The molecule has 3 heterocycles. The number of phenols is 1. The molecule has 3 N–H and O–H groups in total. The highest BCUT2D eigenvalue weighted by molar-refractivity contribution is 6.58. The summed E-state index contributed by atoms with van der Waals surface area (Å²) in [4.78, 5) is 33.3. The summed E-state index contributed by atoms with van der Waals surface area (Å²) in [5.41, 5.74) is 5.43. The van der Waals surface area contributed by atoms with E-state index in [1.165, 1.54) is 22.6 Å². The van der Waals surface area contributed by atoms with E-state index in [1.807, 2.05) is 24.3 Å². The van der Waals surface area contributed by atoms with Crippen molar-refractivity contribution in [2.24, 2.45) is 17.8 Å². The van der Waals surface area contributed by atoms with Crippen LogP contribution in [0.3, 0.4) is 0 Å². The number of fused-ring (bicyclic) bond motifs is 3. The normalized spacial score (nSPS) is 23.5. The molecule has 6 rings (SSSR count). The van der Waals surface area contributed by atoms with Crippen molar-refractivity contribution in [3.05, 3.63) is 94.3 Å². The Bertz CT molecular complexity index is 1620. The van der Waals surface area contributed by atoms with E-state index < -0.39 is 19.0 Å². The van der Waals surface area contributed by atoms with Crippen molar-refractivity contribution < 1.29 is 29.5 Å². The van der Waals surface area contributed by atoms with E-state index in [2.05, 4.69) is 11.9 Å². The van der Waals surface area contributed by atoms with E-state index in [0.29, 0.717) is 36.6 Å². The number of amides is 2. The molecule has 220 valence electrons. The zero-order valence-electron chi connectivity index (χ0n) is 23.7. The van der Waals surface area contributed by atoms with Gasteiger partial charge in [0.15, 0.2) is 0 Å². The fourth-order valence-electron chi connectivity index (χ4n) is 6.83. The molecule has 0 spiro atoms. The van der Waals surface area contributed by atoms with Crippen molar-refractivity contribution in [2.45, 2.75) is 38.7 Å². The third kappa shape index (κ3) is 5.54. The topological polar surface area (TPSA) is 120 Å². The number of anilines is 1. The summed E-state index contributed by atoms with van der Waals surface area (Å²) in [5.74, 6) is -1.61. The summed E-state index contributed by atoms with van der Waals surface area (Å²) >= 11 is 6.43. The molecule has 3 aliphatic rings. The number of ether oxygens (including phenoxy) is 1. The van der Waals surface area contributed by atoms with Crippen LogP contribution in [0.1, 0.15) is 43.9 Å². The van der Waals surface area contributed by atoms with E-state index >= 15 is 0 Å². The number of phenolic OH excluding ortho intramolecular Hbond substituents is 1. The summed E-state index contributed by atoms with van der Waals surface area (Å²) < 4.78 is 6.38. The molecule has 8 nitrogen and oxygen atoms in total. The smallest absolute Gasteiger partial charge is 0.488 e. The van der Waals surface area contributed by atoms with Crippen molar-refractivity contribution in [2.75, 3.05) is 11.5 Å². The van der Waals surface area contributed by atoms with Gasteiger partial charge in [-0.25, -0.2) is 0 Å². The minimum atomic E-state index is -1.70. The number of halogens is 1. The van der Waals surface area contributed by atoms with Gasteiger partial charge in [-0.2, -0.15) is 0 Å². The lowest BCUT2D eigenvalue weighted by Gasteiger charge is -2.31. The van der Waals surface area contributed by atoms with Gasteiger partial charge in [0.2, 0.25) is 11.8 Å². The Morgan fingerprint density at radius 2 is 1.93 bits per heavy atom. The molecule has 0 saturated carbocycles. The van der Waals surface area contributed by atoms with Crippen LogP contribution in [0.15, 0.2) is 78.0 Å². The van der Waals surface area contributed by atoms with E-state index in [9.17, 15) is 24.7 Å². The highest BCUT2D eigenvalue weighted by Gasteiger charge is 2.57. The summed E-state index contributed by atoms with van der Waals surface area (Å²) in [6.07, 6.45) is 6.08. The van der Waals surface area contributed by atoms with E-state index in [1.54, 1.807) is 36.5 Å². The maximum absolute atomic E-state index is 13.8. The lowest BCUT2D eigenvalue weighted by Crippen LogP contribution is -2.35. The van der Waals surface area contributed by atoms with Crippen LogP contribution >= 0.6 is 11.6 Å². The Kier molecular flexibility index (Phi) is 8.24.